The van der Waals surface area contributed by atoms with E-state index in [-0.39, 0.29) is 17.4 Å². The van der Waals surface area contributed by atoms with E-state index in [9.17, 15) is 13.2 Å². The van der Waals surface area contributed by atoms with Crippen LogP contribution in [0, 0.1) is 0 Å². The van der Waals surface area contributed by atoms with Crippen molar-refractivity contribution in [2.24, 2.45) is 0 Å². The van der Waals surface area contributed by atoms with Crippen molar-refractivity contribution in [1.82, 2.24) is 9.62 Å². The lowest BCUT2D eigenvalue weighted by Crippen LogP contribution is -2.35. The minimum absolute atomic E-state index is 0.0995. The monoisotopic (exact) mass is 484 g/mol. The number of nitrogens with one attached hydrogen (secondary N) is 1. The van der Waals surface area contributed by atoms with Crippen LogP contribution in [0.2, 0.25) is 10.0 Å². The normalized spacial score (nSPS) is 14.9. The molecule has 1 saturated heterocycles. The van der Waals surface area contributed by atoms with Crippen molar-refractivity contribution in [1.29, 1.82) is 0 Å². The average Bonchev–Trinajstić information content (AvgIpc) is 2.77. The van der Waals surface area contributed by atoms with Crippen LogP contribution >= 0.6 is 23.2 Å². The Bertz CT molecular complexity index is 991. The highest BCUT2D eigenvalue weighted by atomic mass is 35.5. The lowest BCUT2D eigenvalue weighted by molar-refractivity contribution is -0.121. The van der Waals surface area contributed by atoms with Gasteiger partial charge in [-0.15, -0.1) is 0 Å². The Hall–Kier alpha value is -1.80. The summed E-state index contributed by atoms with van der Waals surface area (Å²) in [6, 6.07) is 11.6. The van der Waals surface area contributed by atoms with E-state index < -0.39 is 10.0 Å². The van der Waals surface area contributed by atoms with Gasteiger partial charge in [-0.3, -0.25) is 4.79 Å². The molecule has 0 spiro atoms. The van der Waals surface area contributed by atoms with Gasteiger partial charge in [-0.2, -0.15) is 4.31 Å². The number of amides is 1. The van der Waals surface area contributed by atoms with Gasteiger partial charge in [0.25, 0.3) is 0 Å². The Balaban J connectivity index is 1.40. The third-order valence-electron chi connectivity index (χ3n) is 5.11. The maximum atomic E-state index is 12.7. The second kappa shape index (κ2) is 11.2. The molecule has 0 bridgehead atoms. The molecule has 6 nitrogen and oxygen atoms in total. The summed E-state index contributed by atoms with van der Waals surface area (Å²) < 4.78 is 32.5. The van der Waals surface area contributed by atoms with Crippen molar-refractivity contribution in [2.75, 3.05) is 26.2 Å². The second-order valence-corrected chi connectivity index (χ2v) is 10.2. The molecule has 0 unspecified atom stereocenters. The Morgan fingerprint density at radius 2 is 1.74 bits per heavy atom. The van der Waals surface area contributed by atoms with Gasteiger partial charge in [0.05, 0.1) is 11.4 Å². The zero-order valence-electron chi connectivity index (χ0n) is 17.1. The van der Waals surface area contributed by atoms with Crippen LogP contribution in [0.4, 0.5) is 0 Å². The smallest absolute Gasteiger partial charge is 0.243 e. The molecular formula is C22H26Cl2N2O4S. The summed E-state index contributed by atoms with van der Waals surface area (Å²) >= 11 is 12.0. The number of aryl methyl sites for hydroxylation is 1. The van der Waals surface area contributed by atoms with Crippen molar-refractivity contribution in [3.05, 3.63) is 58.1 Å². The molecule has 0 aliphatic carbocycles. The van der Waals surface area contributed by atoms with E-state index in [1.54, 1.807) is 40.7 Å². The fraction of sp³-hybridized carbons (Fsp3) is 0.409. The topological polar surface area (TPSA) is 75.7 Å². The molecule has 1 amide bonds. The first-order valence-electron chi connectivity index (χ1n) is 10.3. The molecule has 2 aromatic rings. The number of benzene rings is 2. The lowest BCUT2D eigenvalue weighted by Gasteiger charge is -2.25. The van der Waals surface area contributed by atoms with Gasteiger partial charge in [-0.25, -0.2) is 8.42 Å². The molecule has 1 fully saturated rings. The quantitative estimate of drug-likeness (QED) is 0.538. The van der Waals surface area contributed by atoms with Crippen LogP contribution < -0.4 is 10.1 Å². The van der Waals surface area contributed by atoms with Crippen LogP contribution in [-0.2, 0) is 21.2 Å². The number of carbonyl (C=O) groups excluding carboxylic acids is 1. The first-order chi connectivity index (χ1) is 14.9. The number of hydrogen-bond donors (Lipinski definition) is 1. The number of halogens is 2. The van der Waals surface area contributed by atoms with Crippen molar-refractivity contribution in [3.63, 3.8) is 0 Å². The number of hydrogen-bond acceptors (Lipinski definition) is 4. The van der Waals surface area contributed by atoms with E-state index in [1.165, 1.54) is 0 Å². The molecule has 1 aliphatic rings. The van der Waals surface area contributed by atoms with Gasteiger partial charge >= 0.3 is 0 Å². The molecular weight excluding hydrogens is 459 g/mol. The summed E-state index contributed by atoms with van der Waals surface area (Å²) in [6.45, 7) is 1.78. The fourth-order valence-electron chi connectivity index (χ4n) is 3.38. The highest BCUT2D eigenvalue weighted by Gasteiger charge is 2.25. The molecule has 168 valence electrons. The van der Waals surface area contributed by atoms with Crippen molar-refractivity contribution >= 4 is 39.1 Å². The highest BCUT2D eigenvalue weighted by molar-refractivity contribution is 7.89. The summed E-state index contributed by atoms with van der Waals surface area (Å²) in [5.74, 6) is 0.456. The first kappa shape index (κ1) is 23.9. The first-order valence-corrected chi connectivity index (χ1v) is 12.5. The van der Waals surface area contributed by atoms with Crippen LogP contribution in [0.3, 0.4) is 0 Å². The average molecular weight is 485 g/mol. The van der Waals surface area contributed by atoms with E-state index in [0.717, 1.165) is 24.8 Å². The molecule has 9 heteroatoms. The second-order valence-electron chi connectivity index (χ2n) is 7.37. The van der Waals surface area contributed by atoms with E-state index in [1.807, 2.05) is 6.07 Å². The Morgan fingerprint density at radius 1 is 1.03 bits per heavy atom. The summed E-state index contributed by atoms with van der Waals surface area (Å²) in [5, 5.41) is 3.91. The van der Waals surface area contributed by atoms with Gasteiger partial charge < -0.3 is 10.1 Å². The van der Waals surface area contributed by atoms with Crippen molar-refractivity contribution in [3.8, 4) is 5.75 Å². The molecule has 1 heterocycles. The Kier molecular flexibility index (Phi) is 8.60. The molecule has 0 saturated carbocycles. The summed E-state index contributed by atoms with van der Waals surface area (Å²) in [7, 11) is -3.45. The van der Waals surface area contributed by atoms with E-state index >= 15 is 0 Å². The molecule has 0 atom stereocenters. The predicted octanol–water partition coefficient (Wildman–Crippen LogP) is 4.30. The van der Waals surface area contributed by atoms with Gasteiger partial charge in [0.2, 0.25) is 15.9 Å². The number of sulfonamides is 1. The zero-order valence-corrected chi connectivity index (χ0v) is 19.5. The SMILES string of the molecule is O=C(CCc1ccc(Cl)cc1Cl)NCCOc1ccc(S(=O)(=O)N2CCCCC2)cc1. The Morgan fingerprint density at radius 3 is 2.42 bits per heavy atom. The van der Waals surface area contributed by atoms with Crippen LogP contribution in [0.15, 0.2) is 47.4 Å². The molecule has 2 aromatic carbocycles. The summed E-state index contributed by atoms with van der Waals surface area (Å²) in [5.41, 5.74) is 0.872. The van der Waals surface area contributed by atoms with E-state index in [4.69, 9.17) is 27.9 Å². The standard InChI is InChI=1S/C22H26Cl2N2O4S/c23-18-6-4-17(21(24)16-18)5-11-22(27)25-12-15-30-19-7-9-20(10-8-19)31(28,29)26-13-2-1-3-14-26/h4,6-10,16H,1-3,5,11-15H2,(H,25,27). The number of carbonyl (C=O) groups is 1. The maximum absolute atomic E-state index is 12.7. The van der Waals surface area contributed by atoms with Crippen LogP contribution in [0.1, 0.15) is 31.2 Å². The number of nitrogens with zero attached hydrogens (tertiary/aromatic N) is 1. The highest BCUT2D eigenvalue weighted by Crippen LogP contribution is 2.23. The molecule has 1 aliphatic heterocycles. The van der Waals surface area contributed by atoms with Gasteiger partial charge in [0.1, 0.15) is 12.4 Å². The van der Waals surface area contributed by atoms with Crippen LogP contribution in [0.25, 0.3) is 0 Å². The Labute approximate surface area is 193 Å². The number of rotatable bonds is 9. The zero-order chi connectivity index (χ0) is 22.3. The third-order valence-corrected chi connectivity index (χ3v) is 7.61. The number of ether oxygens (including phenoxy) is 1. The van der Waals surface area contributed by atoms with E-state index in [2.05, 4.69) is 5.32 Å². The number of piperidine rings is 1. The van der Waals surface area contributed by atoms with Gasteiger partial charge in [-0.1, -0.05) is 35.7 Å². The van der Waals surface area contributed by atoms with Crippen LogP contribution in [0.5, 0.6) is 5.75 Å². The molecule has 31 heavy (non-hydrogen) atoms. The van der Waals surface area contributed by atoms with Gasteiger partial charge in [-0.05, 0) is 61.2 Å². The van der Waals surface area contributed by atoms with Crippen molar-refractivity contribution in [2.45, 2.75) is 37.0 Å². The molecule has 3 rings (SSSR count). The fourth-order valence-corrected chi connectivity index (χ4v) is 5.40. The molecule has 0 aromatic heterocycles. The molecule has 0 radical (unpaired) electrons. The van der Waals surface area contributed by atoms with Crippen molar-refractivity contribution < 1.29 is 17.9 Å². The van der Waals surface area contributed by atoms with Crippen LogP contribution in [-0.4, -0.2) is 44.9 Å². The maximum Gasteiger partial charge on any atom is 0.243 e. The molecule has 1 N–H and O–H groups in total. The third kappa shape index (κ3) is 6.84. The summed E-state index contributed by atoms with van der Waals surface area (Å²) in [4.78, 5) is 12.3. The minimum atomic E-state index is -3.45. The van der Waals surface area contributed by atoms with E-state index in [0.29, 0.717) is 48.3 Å². The minimum Gasteiger partial charge on any atom is -0.492 e. The largest absolute Gasteiger partial charge is 0.492 e. The predicted molar refractivity (Wildman–Crippen MR) is 122 cm³/mol. The van der Waals surface area contributed by atoms with Gasteiger partial charge in [0.15, 0.2) is 0 Å². The van der Waals surface area contributed by atoms with Gasteiger partial charge in [0, 0.05) is 29.6 Å². The lowest BCUT2D eigenvalue weighted by atomic mass is 10.1. The summed E-state index contributed by atoms with van der Waals surface area (Å²) in [6.07, 6.45) is 3.71.